The van der Waals surface area contributed by atoms with Crippen molar-refractivity contribution in [2.45, 2.75) is 26.8 Å². The lowest BCUT2D eigenvalue weighted by atomic mass is 9.93. The second-order valence-corrected chi connectivity index (χ2v) is 6.40. The van der Waals surface area contributed by atoms with Crippen molar-refractivity contribution in [3.63, 3.8) is 0 Å². The van der Waals surface area contributed by atoms with Gasteiger partial charge in [-0.05, 0) is 18.9 Å². The predicted molar refractivity (Wildman–Crippen MR) is 94.2 cm³/mol. The molecule has 0 spiro atoms. The van der Waals surface area contributed by atoms with Gasteiger partial charge in [-0.1, -0.05) is 13.8 Å². The number of benzene rings is 1. The number of rotatable bonds is 6. The van der Waals surface area contributed by atoms with Gasteiger partial charge in [0.25, 0.3) is 5.69 Å². The lowest BCUT2D eigenvalue weighted by Crippen LogP contribution is -2.45. The highest BCUT2D eigenvalue weighted by atomic mass is 16.6. The number of phenols is 1. The molecule has 1 heterocycles. The minimum absolute atomic E-state index is 0.0166. The molecular weight excluding hydrogens is 358 g/mol. The Morgan fingerprint density at radius 3 is 2.63 bits per heavy atom. The molecule has 146 valence electrons. The average molecular weight is 379 g/mol. The molecule has 0 aliphatic carbocycles. The molecule has 10 nitrogen and oxygen atoms in total. The number of phenolic OH excluding ortho intramolecular Hbond substituents is 1. The van der Waals surface area contributed by atoms with E-state index in [2.05, 4.69) is 10.6 Å². The first-order valence-electron chi connectivity index (χ1n) is 8.16. The fraction of sp³-hybridized carbons (Fsp3) is 0.412. The molecule has 1 unspecified atom stereocenters. The van der Waals surface area contributed by atoms with Gasteiger partial charge < -0.3 is 25.2 Å². The monoisotopic (exact) mass is 379 g/mol. The summed E-state index contributed by atoms with van der Waals surface area (Å²) in [4.78, 5) is 35.3. The van der Waals surface area contributed by atoms with E-state index in [1.807, 2.05) is 13.8 Å². The van der Waals surface area contributed by atoms with Crippen LogP contribution in [0.5, 0.6) is 11.5 Å². The molecule has 2 amide bonds. The largest absolute Gasteiger partial charge is 0.504 e. The number of carbonyl (C=O) groups is 2. The average Bonchev–Trinajstić information content (AvgIpc) is 2.58. The molecule has 1 aliphatic rings. The number of aromatic hydroxyl groups is 1. The second kappa shape index (κ2) is 7.94. The number of allylic oxidation sites excluding steroid dienone is 1. The summed E-state index contributed by atoms with van der Waals surface area (Å²) in [6.45, 7) is 5.36. The van der Waals surface area contributed by atoms with E-state index in [0.29, 0.717) is 0 Å². The van der Waals surface area contributed by atoms with Crippen LogP contribution in [-0.4, -0.2) is 35.7 Å². The van der Waals surface area contributed by atoms with E-state index in [1.165, 1.54) is 14.0 Å². The minimum Gasteiger partial charge on any atom is -0.504 e. The molecule has 0 radical (unpaired) electrons. The van der Waals surface area contributed by atoms with E-state index >= 15 is 0 Å². The van der Waals surface area contributed by atoms with Crippen molar-refractivity contribution < 1.29 is 29.1 Å². The third-order valence-electron chi connectivity index (χ3n) is 3.87. The number of amides is 2. The Labute approximate surface area is 155 Å². The first kappa shape index (κ1) is 20.0. The molecule has 27 heavy (non-hydrogen) atoms. The van der Waals surface area contributed by atoms with Crippen LogP contribution in [0, 0.1) is 16.0 Å². The maximum Gasteiger partial charge on any atom is 0.338 e. The Morgan fingerprint density at radius 2 is 2.07 bits per heavy atom. The van der Waals surface area contributed by atoms with Crippen molar-refractivity contribution in [2.24, 2.45) is 5.92 Å². The van der Waals surface area contributed by atoms with Crippen LogP contribution < -0.4 is 15.4 Å². The fourth-order valence-electron chi connectivity index (χ4n) is 2.64. The standard InChI is InChI=1S/C17H21N3O7/c1-8(2)7-27-16(22)14-9(3)18-17(23)19-15(14)10-5-12(21)13(26-4)6-11(10)20(24)25/h5-6,8,15,21H,7H2,1-4H3,(H2,18,19,23). The third kappa shape index (κ3) is 4.27. The van der Waals surface area contributed by atoms with E-state index in [1.54, 1.807) is 0 Å². The lowest BCUT2D eigenvalue weighted by Gasteiger charge is -2.28. The molecule has 1 aromatic rings. The molecule has 0 aromatic heterocycles. The summed E-state index contributed by atoms with van der Waals surface area (Å²) in [6.07, 6.45) is 0. The van der Waals surface area contributed by atoms with Gasteiger partial charge in [-0.2, -0.15) is 0 Å². The van der Waals surface area contributed by atoms with Crippen LogP contribution in [-0.2, 0) is 9.53 Å². The minimum atomic E-state index is -1.17. The lowest BCUT2D eigenvalue weighted by molar-refractivity contribution is -0.385. The van der Waals surface area contributed by atoms with Crippen LogP contribution in [0.3, 0.4) is 0 Å². The van der Waals surface area contributed by atoms with Gasteiger partial charge in [0, 0.05) is 5.70 Å². The van der Waals surface area contributed by atoms with Crippen molar-refractivity contribution in [3.05, 3.63) is 39.1 Å². The zero-order valence-corrected chi connectivity index (χ0v) is 15.4. The number of nitrogens with zero attached hydrogens (tertiary/aromatic N) is 1. The normalized spacial score (nSPS) is 16.6. The van der Waals surface area contributed by atoms with Gasteiger partial charge in [-0.3, -0.25) is 10.1 Å². The summed E-state index contributed by atoms with van der Waals surface area (Å²) in [6, 6.07) is 0.319. The SMILES string of the molecule is COc1cc([N+](=O)[O-])c(C2NC(=O)NC(C)=C2C(=O)OCC(C)C)cc1O. The highest BCUT2D eigenvalue weighted by Crippen LogP contribution is 2.40. The first-order valence-corrected chi connectivity index (χ1v) is 8.16. The van der Waals surface area contributed by atoms with E-state index in [0.717, 1.165) is 12.1 Å². The molecule has 0 saturated heterocycles. The van der Waals surface area contributed by atoms with Crippen molar-refractivity contribution in [2.75, 3.05) is 13.7 Å². The summed E-state index contributed by atoms with van der Waals surface area (Å²) < 4.78 is 10.1. The van der Waals surface area contributed by atoms with Gasteiger partial charge in [0.1, 0.15) is 0 Å². The van der Waals surface area contributed by atoms with Gasteiger partial charge in [0.2, 0.25) is 0 Å². The maximum atomic E-state index is 12.6. The van der Waals surface area contributed by atoms with Crippen molar-refractivity contribution in [1.29, 1.82) is 0 Å². The van der Waals surface area contributed by atoms with Crippen LogP contribution in [0.4, 0.5) is 10.5 Å². The number of carbonyl (C=O) groups excluding carboxylic acids is 2. The quantitative estimate of drug-likeness (QED) is 0.391. The number of methoxy groups -OCH3 is 1. The summed E-state index contributed by atoms with van der Waals surface area (Å²) in [5.74, 6) is -1.10. The predicted octanol–water partition coefficient (Wildman–Crippen LogP) is 2.14. The Balaban J connectivity index is 2.58. The molecular formula is C17H21N3O7. The number of urea groups is 1. The highest BCUT2D eigenvalue weighted by Gasteiger charge is 2.37. The van der Waals surface area contributed by atoms with Crippen LogP contribution in [0.25, 0.3) is 0 Å². The number of nitrogens with one attached hydrogen (secondary N) is 2. The Hall–Kier alpha value is -3.30. The summed E-state index contributed by atoms with van der Waals surface area (Å²) >= 11 is 0. The highest BCUT2D eigenvalue weighted by molar-refractivity contribution is 5.95. The smallest absolute Gasteiger partial charge is 0.338 e. The number of nitro groups is 1. The first-order chi connectivity index (χ1) is 12.6. The zero-order valence-electron chi connectivity index (χ0n) is 15.4. The van der Waals surface area contributed by atoms with Gasteiger partial charge >= 0.3 is 12.0 Å². The summed E-state index contributed by atoms with van der Waals surface area (Å²) in [7, 11) is 1.25. The van der Waals surface area contributed by atoms with E-state index in [9.17, 15) is 24.8 Å². The second-order valence-electron chi connectivity index (χ2n) is 6.40. The zero-order chi connectivity index (χ0) is 20.3. The Morgan fingerprint density at radius 1 is 1.41 bits per heavy atom. The van der Waals surface area contributed by atoms with Gasteiger partial charge in [0.15, 0.2) is 11.5 Å². The number of ether oxygens (including phenoxy) is 2. The summed E-state index contributed by atoms with van der Waals surface area (Å²) in [5, 5.41) is 26.5. The van der Waals surface area contributed by atoms with E-state index < -0.39 is 28.7 Å². The van der Waals surface area contributed by atoms with Crippen molar-refractivity contribution in [3.8, 4) is 11.5 Å². The molecule has 0 bridgehead atoms. The van der Waals surface area contributed by atoms with Crippen LogP contribution in [0.2, 0.25) is 0 Å². The molecule has 10 heteroatoms. The van der Waals surface area contributed by atoms with Crippen molar-refractivity contribution in [1.82, 2.24) is 10.6 Å². The molecule has 1 aliphatic heterocycles. The van der Waals surface area contributed by atoms with Crippen LogP contribution in [0.15, 0.2) is 23.4 Å². The molecule has 3 N–H and O–H groups in total. The van der Waals surface area contributed by atoms with Gasteiger partial charge in [0.05, 0.1) is 41.9 Å². The van der Waals surface area contributed by atoms with Gasteiger partial charge in [-0.25, -0.2) is 9.59 Å². The number of hydrogen-bond donors (Lipinski definition) is 3. The van der Waals surface area contributed by atoms with E-state index in [-0.39, 0.29) is 40.9 Å². The van der Waals surface area contributed by atoms with Crippen LogP contribution >= 0.6 is 0 Å². The molecule has 1 aromatic carbocycles. The van der Waals surface area contributed by atoms with Crippen LogP contribution in [0.1, 0.15) is 32.4 Å². The van der Waals surface area contributed by atoms with Crippen molar-refractivity contribution >= 4 is 17.7 Å². The molecule has 1 atom stereocenters. The van der Waals surface area contributed by atoms with Gasteiger partial charge in [-0.15, -0.1) is 0 Å². The number of esters is 1. The number of nitro benzene ring substituents is 1. The molecule has 2 rings (SSSR count). The summed E-state index contributed by atoms with van der Waals surface area (Å²) in [5.41, 5.74) is -0.257. The topological polar surface area (TPSA) is 140 Å². The van der Waals surface area contributed by atoms with E-state index in [4.69, 9.17) is 9.47 Å². The Kier molecular flexibility index (Phi) is 5.88. The third-order valence-corrected chi connectivity index (χ3v) is 3.87. The molecule has 0 saturated carbocycles. The maximum absolute atomic E-state index is 12.6. The molecule has 0 fully saturated rings. The Bertz CT molecular complexity index is 817. The fourth-order valence-corrected chi connectivity index (χ4v) is 2.64. The number of hydrogen-bond acceptors (Lipinski definition) is 7.